The van der Waals surface area contributed by atoms with E-state index < -0.39 is 44.2 Å². The first-order chi connectivity index (χ1) is 19.2. The molecule has 2 saturated carbocycles. The van der Waals surface area contributed by atoms with Crippen LogP contribution in [0.25, 0.3) is 0 Å². The highest BCUT2D eigenvalue weighted by atomic mass is 32.2. The molecular weight excluding hydrogens is 552 g/mol. The van der Waals surface area contributed by atoms with E-state index in [1.165, 1.54) is 13.0 Å². The Hall–Kier alpha value is -3.28. The molecule has 5 rings (SSSR count). The van der Waals surface area contributed by atoms with Crippen LogP contribution in [0.1, 0.15) is 78.9 Å². The smallest absolute Gasteiger partial charge is 0.268 e. The summed E-state index contributed by atoms with van der Waals surface area (Å²) < 4.78 is 54.9. The molecule has 222 valence electrons. The highest BCUT2D eigenvalue weighted by Gasteiger charge is 2.64. The third-order valence-corrected chi connectivity index (χ3v) is 11.0. The molecule has 1 aromatic heterocycles. The van der Waals surface area contributed by atoms with E-state index >= 15 is 8.78 Å². The molecule has 0 unspecified atom stereocenters. The van der Waals surface area contributed by atoms with E-state index in [1.807, 2.05) is 17.0 Å². The second-order valence-electron chi connectivity index (χ2n) is 12.0. The summed E-state index contributed by atoms with van der Waals surface area (Å²) in [7, 11) is -3.20. The predicted octanol–water partition coefficient (Wildman–Crippen LogP) is 3.36. The standard InChI is InChI=1S/C29H37F2N5O4S/c1-28(27(38)34-20-15-21(16-20)41(2,39)40)12-9-22(29(28,30)31)19-5-3-17(4-6-19)18-10-13-36(14-11-18)26-23(32)7-8-24(35-26)25(33)37/h3-8,18,20-22H,9-16,32H2,1-2H3,(H2,33,37)(H,34,38)/t20?,21?,22-,28-/m0/s1. The number of primary amides is 1. The zero-order chi connectivity index (χ0) is 29.7. The number of alkyl halides is 2. The lowest BCUT2D eigenvalue weighted by Crippen LogP contribution is -2.56. The number of aromatic nitrogens is 1. The Balaban J connectivity index is 1.21. The van der Waals surface area contributed by atoms with Crippen LogP contribution in [0.15, 0.2) is 36.4 Å². The number of halogens is 2. The van der Waals surface area contributed by atoms with E-state index in [2.05, 4.69) is 10.3 Å². The lowest BCUT2D eigenvalue weighted by molar-refractivity contribution is -0.155. The largest absolute Gasteiger partial charge is 0.396 e. The molecule has 3 aliphatic rings. The van der Waals surface area contributed by atoms with Crippen molar-refractivity contribution in [1.29, 1.82) is 0 Å². The molecule has 9 nitrogen and oxygen atoms in total. The van der Waals surface area contributed by atoms with E-state index in [1.54, 1.807) is 18.2 Å². The topological polar surface area (TPSA) is 148 Å². The van der Waals surface area contributed by atoms with Crippen molar-refractivity contribution in [2.24, 2.45) is 11.1 Å². The van der Waals surface area contributed by atoms with Gasteiger partial charge in [0.15, 0.2) is 5.82 Å². The highest BCUT2D eigenvalue weighted by molar-refractivity contribution is 7.91. The number of benzene rings is 1. The van der Waals surface area contributed by atoms with Crippen molar-refractivity contribution in [3.63, 3.8) is 0 Å². The molecule has 0 bridgehead atoms. The Kier molecular flexibility index (Phi) is 7.50. The van der Waals surface area contributed by atoms with Gasteiger partial charge in [0.25, 0.3) is 11.8 Å². The third-order valence-electron chi connectivity index (χ3n) is 9.41. The number of nitrogens with zero attached hydrogens (tertiary/aromatic N) is 2. The maximum absolute atomic E-state index is 15.8. The number of rotatable bonds is 7. The molecular formula is C29H37F2N5O4S. The number of anilines is 2. The molecule has 2 atom stereocenters. The molecule has 1 aliphatic heterocycles. The minimum Gasteiger partial charge on any atom is -0.396 e. The fraction of sp³-hybridized carbons (Fsp3) is 0.552. The molecule has 5 N–H and O–H groups in total. The number of carbonyl (C=O) groups is 2. The summed E-state index contributed by atoms with van der Waals surface area (Å²) in [4.78, 5) is 30.9. The third kappa shape index (κ3) is 5.38. The molecule has 12 heteroatoms. The first-order valence-corrected chi connectivity index (χ1v) is 15.9. The van der Waals surface area contributed by atoms with E-state index in [9.17, 15) is 18.0 Å². The maximum atomic E-state index is 15.8. The number of nitrogen functional groups attached to an aromatic ring is 1. The molecule has 0 spiro atoms. The fourth-order valence-corrected chi connectivity index (χ4v) is 7.62. The molecule has 2 aromatic rings. The molecule has 2 heterocycles. The zero-order valence-electron chi connectivity index (χ0n) is 23.3. The summed E-state index contributed by atoms with van der Waals surface area (Å²) in [5.41, 5.74) is 11.8. The van der Waals surface area contributed by atoms with Crippen molar-refractivity contribution in [3.8, 4) is 0 Å². The van der Waals surface area contributed by atoms with Gasteiger partial charge in [0.05, 0.1) is 10.9 Å². The molecule has 41 heavy (non-hydrogen) atoms. The van der Waals surface area contributed by atoms with Gasteiger partial charge < -0.3 is 21.7 Å². The number of nitrogens with one attached hydrogen (secondary N) is 1. The predicted molar refractivity (Wildman–Crippen MR) is 153 cm³/mol. The molecule has 0 radical (unpaired) electrons. The van der Waals surface area contributed by atoms with Gasteiger partial charge in [-0.15, -0.1) is 0 Å². The van der Waals surface area contributed by atoms with Gasteiger partial charge in [0.2, 0.25) is 5.91 Å². The Bertz CT molecular complexity index is 1440. The number of amides is 2. The van der Waals surface area contributed by atoms with Gasteiger partial charge in [-0.2, -0.15) is 0 Å². The number of carbonyl (C=O) groups excluding carboxylic acids is 2. The van der Waals surface area contributed by atoms with Gasteiger partial charge >= 0.3 is 0 Å². The molecule has 2 amide bonds. The van der Waals surface area contributed by atoms with Gasteiger partial charge in [-0.1, -0.05) is 24.3 Å². The maximum Gasteiger partial charge on any atom is 0.268 e. The summed E-state index contributed by atoms with van der Waals surface area (Å²) in [6, 6.07) is 10.1. The summed E-state index contributed by atoms with van der Waals surface area (Å²) in [5.74, 6) is -4.88. The minimum atomic E-state index is -3.25. The first-order valence-electron chi connectivity index (χ1n) is 14.0. The number of hydrogen-bond donors (Lipinski definition) is 3. The van der Waals surface area contributed by atoms with Crippen LogP contribution in [-0.2, 0) is 14.6 Å². The van der Waals surface area contributed by atoms with Crippen molar-refractivity contribution < 1.29 is 26.8 Å². The van der Waals surface area contributed by atoms with Crippen molar-refractivity contribution in [2.45, 2.75) is 74.5 Å². The quantitative estimate of drug-likeness (QED) is 0.449. The van der Waals surface area contributed by atoms with E-state index in [0.717, 1.165) is 24.7 Å². The summed E-state index contributed by atoms with van der Waals surface area (Å²) in [6.45, 7) is 2.66. The minimum absolute atomic E-state index is 0.0487. The summed E-state index contributed by atoms with van der Waals surface area (Å²) in [5, 5.41) is 2.16. The second-order valence-corrected chi connectivity index (χ2v) is 14.4. The van der Waals surface area contributed by atoms with Crippen LogP contribution < -0.4 is 21.7 Å². The first kappa shape index (κ1) is 29.2. The van der Waals surface area contributed by atoms with Gasteiger partial charge in [0.1, 0.15) is 20.9 Å². The SMILES string of the molecule is C[C@@]1(C(=O)NC2CC(S(C)(=O)=O)C2)CC[C@@H](c2ccc(C3CCN(c4nc(C(N)=O)ccc4N)CC3)cc2)C1(F)F. The van der Waals surface area contributed by atoms with Crippen LogP contribution in [0.4, 0.5) is 20.3 Å². The zero-order valence-corrected chi connectivity index (χ0v) is 24.1. The average molecular weight is 590 g/mol. The van der Waals surface area contributed by atoms with Gasteiger partial charge in [-0.3, -0.25) is 9.59 Å². The van der Waals surface area contributed by atoms with E-state index in [-0.39, 0.29) is 43.3 Å². The van der Waals surface area contributed by atoms with Gasteiger partial charge in [-0.05, 0) is 74.6 Å². The lowest BCUT2D eigenvalue weighted by Gasteiger charge is -2.39. The average Bonchev–Trinajstić information content (AvgIpc) is 3.14. The van der Waals surface area contributed by atoms with Crippen LogP contribution in [0, 0.1) is 5.41 Å². The van der Waals surface area contributed by atoms with E-state index in [0.29, 0.717) is 30.2 Å². The normalized spacial score (nSPS) is 28.2. The van der Waals surface area contributed by atoms with Crippen molar-refractivity contribution in [1.82, 2.24) is 10.3 Å². The summed E-state index contributed by atoms with van der Waals surface area (Å²) >= 11 is 0. The Labute approximate surface area is 239 Å². The summed E-state index contributed by atoms with van der Waals surface area (Å²) in [6.07, 6.45) is 3.53. The Morgan fingerprint density at radius 1 is 1.02 bits per heavy atom. The van der Waals surface area contributed by atoms with Gasteiger partial charge in [-0.25, -0.2) is 22.2 Å². The van der Waals surface area contributed by atoms with Crippen molar-refractivity contribution in [2.75, 3.05) is 30.0 Å². The number of nitrogens with two attached hydrogens (primary N) is 2. The number of pyridine rings is 1. The van der Waals surface area contributed by atoms with Gasteiger partial charge in [0, 0.05) is 31.3 Å². The van der Waals surface area contributed by atoms with Crippen LogP contribution in [-0.4, -0.2) is 61.8 Å². The van der Waals surface area contributed by atoms with Crippen molar-refractivity contribution in [3.05, 3.63) is 53.2 Å². The van der Waals surface area contributed by atoms with Crippen molar-refractivity contribution >= 4 is 33.2 Å². The Morgan fingerprint density at radius 2 is 1.63 bits per heavy atom. The fourth-order valence-electron chi connectivity index (χ4n) is 6.46. The van der Waals surface area contributed by atoms with Crippen LogP contribution in [0.5, 0.6) is 0 Å². The second kappa shape index (κ2) is 10.5. The lowest BCUT2D eigenvalue weighted by atomic mass is 9.79. The monoisotopic (exact) mass is 589 g/mol. The molecule has 1 aromatic carbocycles. The molecule has 3 fully saturated rings. The Morgan fingerprint density at radius 3 is 2.22 bits per heavy atom. The molecule has 2 aliphatic carbocycles. The van der Waals surface area contributed by atoms with Crippen LogP contribution >= 0.6 is 0 Å². The van der Waals surface area contributed by atoms with Crippen LogP contribution in [0.2, 0.25) is 0 Å². The number of piperidine rings is 1. The van der Waals surface area contributed by atoms with E-state index in [4.69, 9.17) is 11.5 Å². The van der Waals surface area contributed by atoms with Crippen LogP contribution in [0.3, 0.4) is 0 Å². The number of hydrogen-bond acceptors (Lipinski definition) is 7. The molecule has 1 saturated heterocycles. The highest BCUT2D eigenvalue weighted by Crippen LogP contribution is 2.58. The number of sulfone groups is 1.